The minimum Gasteiger partial charge on any atom is -0.493 e. The molecule has 7 nitrogen and oxygen atoms in total. The third kappa shape index (κ3) is 2.93. The van der Waals surface area contributed by atoms with Gasteiger partial charge in [0.25, 0.3) is 11.8 Å². The Bertz CT molecular complexity index is 894. The molecular formula is C18H12N2O5. The Hall–Kier alpha value is -3.66. The van der Waals surface area contributed by atoms with Gasteiger partial charge in [0.1, 0.15) is 6.54 Å². The number of imide groups is 1. The van der Waals surface area contributed by atoms with Crippen LogP contribution in [0.15, 0.2) is 42.5 Å². The second-order valence-corrected chi connectivity index (χ2v) is 5.19. The van der Waals surface area contributed by atoms with Crippen molar-refractivity contribution in [1.29, 1.82) is 5.26 Å². The van der Waals surface area contributed by atoms with Crippen molar-refractivity contribution in [3.05, 3.63) is 59.2 Å². The molecule has 0 saturated heterocycles. The molecule has 0 bridgehead atoms. The van der Waals surface area contributed by atoms with Crippen LogP contribution < -0.4 is 9.47 Å². The summed E-state index contributed by atoms with van der Waals surface area (Å²) in [6, 6.07) is 12.6. The molecule has 3 rings (SSSR count). The van der Waals surface area contributed by atoms with E-state index in [4.69, 9.17) is 14.7 Å². The molecule has 0 radical (unpaired) electrons. The first kappa shape index (κ1) is 16.2. The summed E-state index contributed by atoms with van der Waals surface area (Å²) in [7, 11) is 1.37. The predicted octanol–water partition coefficient (Wildman–Crippen LogP) is 1.77. The molecular weight excluding hydrogens is 324 g/mol. The van der Waals surface area contributed by atoms with Gasteiger partial charge in [0, 0.05) is 6.07 Å². The largest absolute Gasteiger partial charge is 0.493 e. The van der Waals surface area contributed by atoms with E-state index in [2.05, 4.69) is 0 Å². The Labute approximate surface area is 143 Å². The molecule has 0 atom stereocenters. The number of rotatable bonds is 4. The molecule has 0 fully saturated rings. The lowest BCUT2D eigenvalue weighted by Crippen LogP contribution is -2.36. The molecule has 1 heterocycles. The van der Waals surface area contributed by atoms with E-state index < -0.39 is 24.3 Å². The van der Waals surface area contributed by atoms with Crippen molar-refractivity contribution in [2.24, 2.45) is 0 Å². The average Bonchev–Trinajstić information content (AvgIpc) is 2.87. The normalized spacial score (nSPS) is 12.6. The fraction of sp³-hybridized carbons (Fsp3) is 0.111. The maximum Gasteiger partial charge on any atom is 0.331 e. The van der Waals surface area contributed by atoms with Crippen molar-refractivity contribution in [3.63, 3.8) is 0 Å². The summed E-state index contributed by atoms with van der Waals surface area (Å²) < 4.78 is 10.2. The molecule has 0 spiro atoms. The summed E-state index contributed by atoms with van der Waals surface area (Å²) in [6.07, 6.45) is 0. The minimum absolute atomic E-state index is 0.100. The molecule has 1 aliphatic heterocycles. The molecule has 25 heavy (non-hydrogen) atoms. The Balaban J connectivity index is 1.75. The van der Waals surface area contributed by atoms with Gasteiger partial charge in [-0.25, -0.2) is 4.79 Å². The lowest BCUT2D eigenvalue weighted by molar-refractivity contribution is -0.134. The first-order valence-corrected chi connectivity index (χ1v) is 7.29. The third-order valence-electron chi connectivity index (χ3n) is 3.68. The van der Waals surface area contributed by atoms with Crippen molar-refractivity contribution in [2.45, 2.75) is 0 Å². The number of fused-ring (bicyclic) bond motifs is 1. The molecule has 0 N–H and O–H groups in total. The van der Waals surface area contributed by atoms with Crippen LogP contribution in [-0.4, -0.2) is 36.3 Å². The molecule has 7 heteroatoms. The van der Waals surface area contributed by atoms with Crippen LogP contribution in [0.1, 0.15) is 26.3 Å². The van der Waals surface area contributed by atoms with E-state index in [1.165, 1.54) is 37.4 Å². The number of hydrogen-bond donors (Lipinski definition) is 0. The fourth-order valence-electron chi connectivity index (χ4n) is 2.49. The monoisotopic (exact) mass is 336 g/mol. The zero-order valence-electron chi connectivity index (χ0n) is 13.2. The van der Waals surface area contributed by atoms with Crippen LogP contribution in [-0.2, 0) is 4.79 Å². The summed E-state index contributed by atoms with van der Waals surface area (Å²) in [5, 5.41) is 8.87. The first-order chi connectivity index (χ1) is 12.0. The molecule has 2 aromatic carbocycles. The number of amides is 2. The Morgan fingerprint density at radius 2 is 1.72 bits per heavy atom. The smallest absolute Gasteiger partial charge is 0.331 e. The van der Waals surface area contributed by atoms with Gasteiger partial charge in [-0.15, -0.1) is 0 Å². The lowest BCUT2D eigenvalue weighted by atomic mass is 10.1. The summed E-state index contributed by atoms with van der Waals surface area (Å²) in [6.45, 7) is -0.518. The Morgan fingerprint density at radius 1 is 1.08 bits per heavy atom. The van der Waals surface area contributed by atoms with Crippen molar-refractivity contribution >= 4 is 17.8 Å². The zero-order chi connectivity index (χ0) is 18.0. The summed E-state index contributed by atoms with van der Waals surface area (Å²) >= 11 is 0. The third-order valence-corrected chi connectivity index (χ3v) is 3.68. The van der Waals surface area contributed by atoms with Gasteiger partial charge in [0.2, 0.25) is 0 Å². The number of nitriles is 1. The van der Waals surface area contributed by atoms with Gasteiger partial charge in [-0.1, -0.05) is 12.1 Å². The maximum atomic E-state index is 12.2. The Kier molecular flexibility index (Phi) is 4.18. The van der Waals surface area contributed by atoms with Crippen molar-refractivity contribution in [2.75, 3.05) is 13.7 Å². The van der Waals surface area contributed by atoms with Gasteiger partial charge in [-0.2, -0.15) is 5.26 Å². The molecule has 1 aliphatic rings. The first-order valence-electron chi connectivity index (χ1n) is 7.29. The van der Waals surface area contributed by atoms with E-state index in [1.54, 1.807) is 12.1 Å². The van der Waals surface area contributed by atoms with E-state index in [0.717, 1.165) is 4.90 Å². The van der Waals surface area contributed by atoms with Crippen molar-refractivity contribution in [3.8, 4) is 17.6 Å². The SMILES string of the molecule is COc1cc(C#N)ccc1OC(=O)CN1C(=O)c2ccccc2C1=O. The molecule has 0 aromatic heterocycles. The van der Waals surface area contributed by atoms with E-state index in [9.17, 15) is 14.4 Å². The fourth-order valence-corrected chi connectivity index (χ4v) is 2.49. The van der Waals surface area contributed by atoms with Crippen LogP contribution in [0.4, 0.5) is 0 Å². The van der Waals surface area contributed by atoms with Crippen LogP contribution in [0.25, 0.3) is 0 Å². The summed E-state index contributed by atoms with van der Waals surface area (Å²) in [5.74, 6) is -1.57. The van der Waals surface area contributed by atoms with E-state index in [1.807, 2.05) is 6.07 Å². The molecule has 0 saturated carbocycles. The highest BCUT2D eigenvalue weighted by Crippen LogP contribution is 2.28. The minimum atomic E-state index is -0.794. The van der Waals surface area contributed by atoms with Crippen LogP contribution in [0, 0.1) is 11.3 Å². The second kappa shape index (κ2) is 6.45. The Morgan fingerprint density at radius 3 is 2.28 bits per heavy atom. The molecule has 0 aliphatic carbocycles. The molecule has 2 aromatic rings. The van der Waals surface area contributed by atoms with Gasteiger partial charge >= 0.3 is 5.97 Å². The topological polar surface area (TPSA) is 96.7 Å². The van der Waals surface area contributed by atoms with E-state index in [-0.39, 0.29) is 22.6 Å². The van der Waals surface area contributed by atoms with Gasteiger partial charge in [-0.3, -0.25) is 14.5 Å². The summed E-state index contributed by atoms with van der Waals surface area (Å²) in [5.41, 5.74) is 0.865. The molecule has 2 amide bonds. The van der Waals surface area contributed by atoms with Crippen LogP contribution in [0.2, 0.25) is 0 Å². The highest BCUT2D eigenvalue weighted by atomic mass is 16.6. The number of carbonyl (C=O) groups excluding carboxylic acids is 3. The van der Waals surface area contributed by atoms with Crippen LogP contribution in [0.5, 0.6) is 11.5 Å². The van der Waals surface area contributed by atoms with E-state index >= 15 is 0 Å². The van der Waals surface area contributed by atoms with Crippen LogP contribution >= 0.6 is 0 Å². The highest BCUT2D eigenvalue weighted by molar-refractivity contribution is 6.22. The van der Waals surface area contributed by atoms with Crippen LogP contribution in [0.3, 0.4) is 0 Å². The number of hydrogen-bond acceptors (Lipinski definition) is 6. The van der Waals surface area contributed by atoms with Gasteiger partial charge < -0.3 is 9.47 Å². The van der Waals surface area contributed by atoms with E-state index in [0.29, 0.717) is 5.56 Å². The maximum absolute atomic E-state index is 12.2. The number of esters is 1. The average molecular weight is 336 g/mol. The standard InChI is InChI=1S/C18H12N2O5/c1-24-15-8-11(9-19)6-7-14(15)25-16(21)10-20-17(22)12-4-2-3-5-13(12)18(20)23/h2-8H,10H2,1H3. The predicted molar refractivity (Wildman–Crippen MR) is 85.2 cm³/mol. The molecule has 124 valence electrons. The lowest BCUT2D eigenvalue weighted by Gasteiger charge is -2.14. The molecule has 0 unspecified atom stereocenters. The quantitative estimate of drug-likeness (QED) is 0.479. The zero-order valence-corrected chi connectivity index (χ0v) is 13.2. The number of benzene rings is 2. The highest BCUT2D eigenvalue weighted by Gasteiger charge is 2.36. The van der Waals surface area contributed by atoms with Gasteiger partial charge in [0.15, 0.2) is 11.5 Å². The number of nitrogens with zero attached hydrogens (tertiary/aromatic N) is 2. The van der Waals surface area contributed by atoms with Crippen molar-refractivity contribution < 1.29 is 23.9 Å². The van der Waals surface area contributed by atoms with Crippen molar-refractivity contribution in [1.82, 2.24) is 4.90 Å². The number of ether oxygens (including phenoxy) is 2. The van der Waals surface area contributed by atoms with Gasteiger partial charge in [-0.05, 0) is 24.3 Å². The van der Waals surface area contributed by atoms with Gasteiger partial charge in [0.05, 0.1) is 29.9 Å². The number of carbonyl (C=O) groups is 3. The summed E-state index contributed by atoms with van der Waals surface area (Å²) in [4.78, 5) is 37.5. The second-order valence-electron chi connectivity index (χ2n) is 5.19. The number of methoxy groups -OCH3 is 1.